The van der Waals surface area contributed by atoms with Crippen LogP contribution < -0.4 is 5.11 Å². The van der Waals surface area contributed by atoms with E-state index in [1.54, 1.807) is 0 Å². The highest BCUT2D eigenvalue weighted by Crippen LogP contribution is 2.20. The molecule has 2 atom stereocenters. The Hall–Kier alpha value is -3.79. The third kappa shape index (κ3) is 79.4. The molecule has 0 bridgehead atoms. The van der Waals surface area contributed by atoms with Gasteiger partial charge in [-0.05, 0) is 89.9 Å². The van der Waals surface area contributed by atoms with Gasteiger partial charge in [0.1, 0.15) is 13.2 Å². The second kappa shape index (κ2) is 77.9. The van der Waals surface area contributed by atoms with E-state index in [9.17, 15) is 19.5 Å². The van der Waals surface area contributed by atoms with Crippen LogP contribution in [0, 0.1) is 0 Å². The van der Waals surface area contributed by atoms with Gasteiger partial charge in [-0.2, -0.15) is 0 Å². The van der Waals surface area contributed by atoms with Gasteiger partial charge in [0.15, 0.2) is 12.4 Å². The minimum atomic E-state index is -1.62. The first kappa shape index (κ1) is 93.2. The van der Waals surface area contributed by atoms with Gasteiger partial charge in [-0.25, -0.2) is 0 Å². The van der Waals surface area contributed by atoms with Gasteiger partial charge in [0, 0.05) is 12.8 Å². The standard InChI is InChI=1S/C88H157NO8/c1-6-8-10-12-14-16-18-20-22-24-26-28-30-32-34-36-38-40-42-43-45-47-49-51-53-55-57-59-61-63-65-67-69-71-73-75-77-79-86(91)97-84(83-96-88(87(92)93)94-81-80-89(3,4)5)82-95-85(90)78-76-74-72-70-68-66-64-62-60-58-56-54-52-50-48-46-44-41-39-37-35-33-31-29-27-25-23-21-19-17-15-13-11-9-7-2/h8-11,14-17,20-23,26-29,84,88H,6-7,12-13,18-19,24-25,30-83H2,1-5H3/b10-8-,11-9-,16-14-,17-15-,22-20-,23-21-,28-26-,29-27-. The van der Waals surface area contributed by atoms with E-state index in [2.05, 4.69) is 111 Å². The molecule has 0 radical (unpaired) electrons. The van der Waals surface area contributed by atoms with Crippen LogP contribution in [-0.2, 0) is 33.3 Å². The summed E-state index contributed by atoms with van der Waals surface area (Å²) in [5.74, 6) is -2.26. The smallest absolute Gasteiger partial charge is 0.306 e. The molecule has 9 nitrogen and oxygen atoms in total. The maximum absolute atomic E-state index is 13.0. The SMILES string of the molecule is CC/C=C\C/C=C\C/C=C\C/C=C\CCCCCCCCCCCCCCCCCCCCCCCCCCC(=O)OC(COC(=O)CCCCCCCCCCCCCCCCCCCCCCCC/C=C\C/C=C\C/C=C\C/C=C\CC)COC(OCC[N+](C)(C)C)C(=O)[O-]. The summed E-state index contributed by atoms with van der Waals surface area (Å²) in [7, 11) is 5.95. The second-order valence-corrected chi connectivity index (χ2v) is 29.0. The van der Waals surface area contributed by atoms with Crippen LogP contribution in [0.4, 0.5) is 0 Å². The van der Waals surface area contributed by atoms with Crippen LogP contribution in [0.15, 0.2) is 97.2 Å². The predicted octanol–water partition coefficient (Wildman–Crippen LogP) is 25.4. The maximum Gasteiger partial charge on any atom is 0.306 e. The molecule has 0 aromatic heterocycles. The number of allylic oxidation sites excluding steroid dienone is 16. The molecule has 0 fully saturated rings. The van der Waals surface area contributed by atoms with Crippen molar-refractivity contribution in [2.24, 2.45) is 0 Å². The molecular formula is C88H157NO8. The number of rotatable bonds is 77. The molecule has 0 rings (SSSR count). The summed E-state index contributed by atoms with van der Waals surface area (Å²) in [6, 6.07) is 0. The van der Waals surface area contributed by atoms with E-state index in [1.165, 1.54) is 270 Å². The van der Waals surface area contributed by atoms with Crippen molar-refractivity contribution in [3.8, 4) is 0 Å². The number of quaternary nitrogens is 1. The molecule has 0 N–H and O–H groups in total. The Labute approximate surface area is 601 Å². The molecule has 0 aromatic carbocycles. The number of ether oxygens (including phenoxy) is 4. The third-order valence-electron chi connectivity index (χ3n) is 18.3. The molecule has 0 amide bonds. The van der Waals surface area contributed by atoms with E-state index in [0.29, 0.717) is 23.9 Å². The minimum Gasteiger partial charge on any atom is -0.545 e. The lowest BCUT2D eigenvalue weighted by Gasteiger charge is -2.26. The van der Waals surface area contributed by atoms with Crippen LogP contribution in [0.5, 0.6) is 0 Å². The van der Waals surface area contributed by atoms with Gasteiger partial charge in [0.05, 0.1) is 40.3 Å². The van der Waals surface area contributed by atoms with Gasteiger partial charge in [-0.1, -0.05) is 381 Å². The first-order chi connectivity index (χ1) is 47.6. The van der Waals surface area contributed by atoms with Crippen LogP contribution in [0.25, 0.3) is 0 Å². The second-order valence-electron chi connectivity index (χ2n) is 29.0. The van der Waals surface area contributed by atoms with Crippen molar-refractivity contribution in [2.75, 3.05) is 47.5 Å². The van der Waals surface area contributed by atoms with E-state index in [1.807, 2.05) is 21.1 Å². The number of carboxylic acids is 1. The Morgan fingerprint density at radius 3 is 0.825 bits per heavy atom. The van der Waals surface area contributed by atoms with Gasteiger partial charge in [0.25, 0.3) is 0 Å². The topological polar surface area (TPSA) is 111 Å². The Kier molecular flexibility index (Phi) is 74.9. The van der Waals surface area contributed by atoms with Crippen LogP contribution in [0.1, 0.15) is 386 Å². The van der Waals surface area contributed by atoms with Crippen LogP contribution in [0.2, 0.25) is 0 Å². The molecule has 0 saturated carbocycles. The van der Waals surface area contributed by atoms with Crippen LogP contribution in [0.3, 0.4) is 0 Å². The Balaban J connectivity index is 3.95. The number of likely N-dealkylation sites (N-methyl/N-ethyl adjacent to an activating group) is 1. The first-order valence-corrected chi connectivity index (χ1v) is 41.4. The molecular weight excluding hydrogens is 1200 g/mol. The summed E-state index contributed by atoms with van der Waals surface area (Å²) in [5.41, 5.74) is 0. The summed E-state index contributed by atoms with van der Waals surface area (Å²) in [5, 5.41) is 11.9. The van der Waals surface area contributed by atoms with Crippen LogP contribution >= 0.6 is 0 Å². The largest absolute Gasteiger partial charge is 0.545 e. The Bertz CT molecular complexity index is 1920. The molecule has 562 valence electrons. The van der Waals surface area contributed by atoms with Crippen molar-refractivity contribution < 1.29 is 42.9 Å². The molecule has 9 heteroatoms. The highest BCUT2D eigenvalue weighted by Gasteiger charge is 2.22. The van der Waals surface area contributed by atoms with Crippen molar-refractivity contribution >= 4 is 17.9 Å². The fourth-order valence-corrected chi connectivity index (χ4v) is 12.1. The number of carbonyl (C=O) groups excluding carboxylic acids is 3. The normalized spacial score (nSPS) is 13.1. The zero-order chi connectivity index (χ0) is 70.4. The van der Waals surface area contributed by atoms with E-state index < -0.39 is 24.3 Å². The van der Waals surface area contributed by atoms with Crippen LogP contribution in [-0.4, -0.2) is 82.3 Å². The Morgan fingerprint density at radius 1 is 0.309 bits per heavy atom. The lowest BCUT2D eigenvalue weighted by Crippen LogP contribution is -2.44. The van der Waals surface area contributed by atoms with Crippen molar-refractivity contribution in [1.82, 2.24) is 0 Å². The zero-order valence-electron chi connectivity index (χ0n) is 64.4. The summed E-state index contributed by atoms with van der Waals surface area (Å²) in [6.07, 6.45) is 105. The lowest BCUT2D eigenvalue weighted by atomic mass is 10.0. The highest BCUT2D eigenvalue weighted by atomic mass is 16.7. The average molecular weight is 1360 g/mol. The third-order valence-corrected chi connectivity index (χ3v) is 18.3. The molecule has 0 aliphatic rings. The molecule has 0 aliphatic heterocycles. The monoisotopic (exact) mass is 1360 g/mol. The van der Waals surface area contributed by atoms with Gasteiger partial charge in [-0.3, -0.25) is 9.59 Å². The van der Waals surface area contributed by atoms with E-state index in [0.717, 1.165) is 83.5 Å². The number of nitrogens with zero attached hydrogens (tertiary/aromatic N) is 1. The summed E-state index contributed by atoms with van der Waals surface area (Å²) in [4.78, 5) is 37.6. The predicted molar refractivity (Wildman–Crippen MR) is 417 cm³/mol. The van der Waals surface area contributed by atoms with Gasteiger partial charge < -0.3 is 33.3 Å². The number of carboxylic acid groups (broad SMARTS) is 1. The zero-order valence-corrected chi connectivity index (χ0v) is 64.4. The lowest BCUT2D eigenvalue weighted by molar-refractivity contribution is -0.870. The van der Waals surface area contributed by atoms with E-state index >= 15 is 0 Å². The van der Waals surface area contributed by atoms with Gasteiger partial charge in [0.2, 0.25) is 0 Å². The fraction of sp³-hybridized carbons (Fsp3) is 0.784. The Morgan fingerprint density at radius 2 is 0.557 bits per heavy atom. The number of hydrogen-bond donors (Lipinski definition) is 0. The molecule has 97 heavy (non-hydrogen) atoms. The highest BCUT2D eigenvalue weighted by molar-refractivity contribution is 5.70. The van der Waals surface area contributed by atoms with Crippen molar-refractivity contribution in [1.29, 1.82) is 0 Å². The number of aliphatic carboxylic acids is 1. The van der Waals surface area contributed by atoms with E-state index in [-0.39, 0.29) is 32.2 Å². The molecule has 0 aromatic rings. The number of hydrogen-bond acceptors (Lipinski definition) is 8. The minimum absolute atomic E-state index is 0.149. The van der Waals surface area contributed by atoms with Crippen molar-refractivity contribution in [3.05, 3.63) is 97.2 Å². The molecule has 0 spiro atoms. The van der Waals surface area contributed by atoms with Gasteiger partial charge in [-0.15, -0.1) is 0 Å². The molecule has 0 aliphatic carbocycles. The molecule has 0 heterocycles. The molecule has 2 unspecified atom stereocenters. The summed E-state index contributed by atoms with van der Waals surface area (Å²) in [6.45, 7) is 4.58. The quantitative estimate of drug-likeness (QED) is 0.0195. The van der Waals surface area contributed by atoms with Gasteiger partial charge >= 0.3 is 11.9 Å². The fourth-order valence-electron chi connectivity index (χ4n) is 12.1. The number of unbranched alkanes of at least 4 members (excludes halogenated alkanes) is 46. The first-order valence-electron chi connectivity index (χ1n) is 41.4. The summed E-state index contributed by atoms with van der Waals surface area (Å²) < 4.78 is 22.9. The number of carbonyl (C=O) groups is 3. The van der Waals surface area contributed by atoms with Crippen molar-refractivity contribution in [3.63, 3.8) is 0 Å². The average Bonchev–Trinajstić information content (AvgIpc) is 3.11. The maximum atomic E-state index is 13.0. The van der Waals surface area contributed by atoms with Crippen molar-refractivity contribution in [2.45, 2.75) is 399 Å². The number of esters is 2. The van der Waals surface area contributed by atoms with E-state index in [4.69, 9.17) is 18.9 Å². The summed E-state index contributed by atoms with van der Waals surface area (Å²) >= 11 is 0. The molecule has 0 saturated heterocycles.